The summed E-state index contributed by atoms with van der Waals surface area (Å²) in [4.78, 5) is 16.4. The normalized spacial score (nSPS) is 10.5. The van der Waals surface area contributed by atoms with E-state index in [1.165, 1.54) is 12.1 Å². The highest BCUT2D eigenvalue weighted by atomic mass is 19.1. The highest BCUT2D eigenvalue weighted by molar-refractivity contribution is 5.97. The molecule has 2 aromatic rings. The molecule has 19 heavy (non-hydrogen) atoms. The van der Waals surface area contributed by atoms with Gasteiger partial charge in [-0.1, -0.05) is 19.1 Å². The Morgan fingerprint density at radius 3 is 2.79 bits per heavy atom. The molecule has 0 N–H and O–H groups in total. The maximum Gasteiger partial charge on any atom is 0.185 e. The van der Waals surface area contributed by atoms with E-state index in [0.717, 1.165) is 23.1 Å². The van der Waals surface area contributed by atoms with E-state index in [2.05, 4.69) is 4.98 Å². The lowest BCUT2D eigenvalue weighted by Crippen LogP contribution is -2.10. The Labute approximate surface area is 112 Å². The number of hydrogen-bond acceptors (Lipinski definition) is 2. The third-order valence-electron chi connectivity index (χ3n) is 3.20. The highest BCUT2D eigenvalue weighted by Gasteiger charge is 2.13. The zero-order chi connectivity index (χ0) is 13.8. The van der Waals surface area contributed by atoms with Gasteiger partial charge in [-0.3, -0.25) is 9.78 Å². The van der Waals surface area contributed by atoms with Crippen molar-refractivity contribution in [3.8, 4) is 0 Å². The van der Waals surface area contributed by atoms with Crippen LogP contribution in [0.3, 0.4) is 0 Å². The van der Waals surface area contributed by atoms with Crippen molar-refractivity contribution in [2.45, 2.75) is 26.7 Å². The van der Waals surface area contributed by atoms with Crippen LogP contribution in [0.5, 0.6) is 0 Å². The second-order valence-electron chi connectivity index (χ2n) is 4.54. The van der Waals surface area contributed by atoms with Crippen LogP contribution in [0.25, 0.3) is 0 Å². The maximum absolute atomic E-state index is 13.2. The molecule has 1 aromatic carbocycles. The Hall–Kier alpha value is -2.03. The summed E-state index contributed by atoms with van der Waals surface area (Å²) in [6.07, 6.45) is 2.56. The van der Waals surface area contributed by atoms with Gasteiger partial charge in [-0.15, -0.1) is 0 Å². The van der Waals surface area contributed by atoms with Crippen LogP contribution in [-0.4, -0.2) is 10.8 Å². The molecule has 0 fully saturated rings. The molecular formula is C16H16FNO. The number of carbonyl (C=O) groups excluding carboxylic acids is 1. The number of aromatic nitrogens is 1. The Morgan fingerprint density at radius 2 is 2.05 bits per heavy atom. The largest absolute Gasteiger partial charge is 0.292 e. The Bertz CT molecular complexity index is 607. The number of halogens is 1. The van der Waals surface area contributed by atoms with Crippen molar-refractivity contribution in [1.82, 2.24) is 4.98 Å². The molecule has 2 nitrogen and oxygen atoms in total. The van der Waals surface area contributed by atoms with E-state index < -0.39 is 0 Å². The van der Waals surface area contributed by atoms with Crippen molar-refractivity contribution in [3.63, 3.8) is 0 Å². The number of Topliss-reactive ketones (excluding diaryl/α,β-unsaturated/α-hetero) is 1. The summed E-state index contributed by atoms with van der Waals surface area (Å²) in [5.41, 5.74) is 3.07. The van der Waals surface area contributed by atoms with Crippen molar-refractivity contribution in [3.05, 3.63) is 64.7 Å². The fraction of sp³-hybridized carbons (Fsp3) is 0.250. The number of pyridine rings is 1. The molecular weight excluding hydrogens is 241 g/mol. The molecule has 0 saturated heterocycles. The van der Waals surface area contributed by atoms with E-state index in [4.69, 9.17) is 0 Å². The van der Waals surface area contributed by atoms with Gasteiger partial charge in [-0.2, -0.15) is 0 Å². The van der Waals surface area contributed by atoms with Crippen molar-refractivity contribution >= 4 is 5.78 Å². The number of ketones is 1. The van der Waals surface area contributed by atoms with Gasteiger partial charge in [0.15, 0.2) is 5.78 Å². The zero-order valence-corrected chi connectivity index (χ0v) is 11.1. The standard InChI is InChI=1S/C16H16FNO/c1-3-12-5-4-8-18-16(12)15(19)10-13-9-14(17)7-6-11(13)2/h4-9H,3,10H2,1-2H3. The van der Waals surface area contributed by atoms with Crippen LogP contribution in [0.15, 0.2) is 36.5 Å². The molecule has 3 heteroatoms. The summed E-state index contributed by atoms with van der Waals surface area (Å²) in [5, 5.41) is 0. The minimum Gasteiger partial charge on any atom is -0.292 e. The Kier molecular flexibility index (Phi) is 4.05. The van der Waals surface area contributed by atoms with Crippen molar-refractivity contribution in [2.75, 3.05) is 0 Å². The van der Waals surface area contributed by atoms with Gasteiger partial charge in [-0.05, 0) is 48.2 Å². The first kappa shape index (κ1) is 13.4. The third kappa shape index (κ3) is 3.05. The first-order valence-electron chi connectivity index (χ1n) is 6.34. The van der Waals surface area contributed by atoms with E-state index in [9.17, 15) is 9.18 Å². The molecule has 0 aliphatic heterocycles. The van der Waals surface area contributed by atoms with E-state index in [1.807, 2.05) is 26.0 Å². The van der Waals surface area contributed by atoms with Gasteiger partial charge in [0.2, 0.25) is 0 Å². The van der Waals surface area contributed by atoms with Crippen LogP contribution in [0.4, 0.5) is 4.39 Å². The van der Waals surface area contributed by atoms with E-state index >= 15 is 0 Å². The van der Waals surface area contributed by atoms with Gasteiger partial charge in [-0.25, -0.2) is 4.39 Å². The molecule has 0 aliphatic rings. The summed E-state index contributed by atoms with van der Waals surface area (Å²) in [6.45, 7) is 3.86. The minimum atomic E-state index is -0.315. The van der Waals surface area contributed by atoms with Crippen LogP contribution in [0, 0.1) is 12.7 Å². The molecule has 2 rings (SSSR count). The number of rotatable bonds is 4. The van der Waals surface area contributed by atoms with Crippen LogP contribution < -0.4 is 0 Å². The first-order chi connectivity index (χ1) is 9.11. The molecule has 1 aromatic heterocycles. The fourth-order valence-electron chi connectivity index (χ4n) is 2.06. The second kappa shape index (κ2) is 5.74. The fourth-order valence-corrected chi connectivity index (χ4v) is 2.06. The minimum absolute atomic E-state index is 0.0637. The van der Waals surface area contributed by atoms with Gasteiger partial charge in [0.1, 0.15) is 11.5 Å². The predicted octanol–water partition coefficient (Wildman–Crippen LogP) is 3.52. The molecule has 0 atom stereocenters. The maximum atomic E-state index is 13.2. The third-order valence-corrected chi connectivity index (χ3v) is 3.20. The first-order valence-corrected chi connectivity index (χ1v) is 6.34. The lowest BCUT2D eigenvalue weighted by atomic mass is 9.99. The molecule has 0 bridgehead atoms. The van der Waals surface area contributed by atoms with E-state index in [-0.39, 0.29) is 18.0 Å². The van der Waals surface area contributed by atoms with Crippen molar-refractivity contribution < 1.29 is 9.18 Å². The molecule has 1 heterocycles. The average molecular weight is 257 g/mol. The molecule has 0 saturated carbocycles. The molecule has 0 radical (unpaired) electrons. The molecule has 0 unspecified atom stereocenters. The highest BCUT2D eigenvalue weighted by Crippen LogP contribution is 2.15. The SMILES string of the molecule is CCc1cccnc1C(=O)Cc1cc(F)ccc1C. The summed E-state index contributed by atoms with van der Waals surface area (Å²) in [6, 6.07) is 8.24. The quantitative estimate of drug-likeness (QED) is 0.784. The molecule has 0 amide bonds. The topological polar surface area (TPSA) is 30.0 Å². The summed E-state index contributed by atoms with van der Waals surface area (Å²) >= 11 is 0. The van der Waals surface area contributed by atoms with Gasteiger partial charge in [0, 0.05) is 12.6 Å². The van der Waals surface area contributed by atoms with E-state index in [0.29, 0.717) is 5.69 Å². The Morgan fingerprint density at radius 1 is 1.26 bits per heavy atom. The van der Waals surface area contributed by atoms with Crippen molar-refractivity contribution in [1.29, 1.82) is 0 Å². The second-order valence-corrected chi connectivity index (χ2v) is 4.54. The van der Waals surface area contributed by atoms with Gasteiger partial charge in [0.05, 0.1) is 0 Å². The summed E-state index contributed by atoms with van der Waals surface area (Å²) in [7, 11) is 0. The number of aryl methyl sites for hydroxylation is 2. The molecule has 98 valence electrons. The zero-order valence-electron chi connectivity index (χ0n) is 11.1. The molecule has 0 aliphatic carbocycles. The van der Waals surface area contributed by atoms with Gasteiger partial charge < -0.3 is 0 Å². The Balaban J connectivity index is 2.28. The van der Waals surface area contributed by atoms with Crippen LogP contribution in [0.2, 0.25) is 0 Å². The smallest absolute Gasteiger partial charge is 0.185 e. The summed E-state index contributed by atoms with van der Waals surface area (Å²) in [5.74, 6) is -0.378. The predicted molar refractivity (Wildman–Crippen MR) is 72.8 cm³/mol. The van der Waals surface area contributed by atoms with Crippen LogP contribution in [-0.2, 0) is 12.8 Å². The van der Waals surface area contributed by atoms with Gasteiger partial charge in [0.25, 0.3) is 0 Å². The number of nitrogens with zero attached hydrogens (tertiary/aromatic N) is 1. The van der Waals surface area contributed by atoms with Crippen LogP contribution >= 0.6 is 0 Å². The number of hydrogen-bond donors (Lipinski definition) is 0. The molecule has 0 spiro atoms. The monoisotopic (exact) mass is 257 g/mol. The average Bonchev–Trinajstić information content (AvgIpc) is 2.42. The van der Waals surface area contributed by atoms with Crippen molar-refractivity contribution in [2.24, 2.45) is 0 Å². The summed E-state index contributed by atoms with van der Waals surface area (Å²) < 4.78 is 13.2. The number of carbonyl (C=O) groups is 1. The number of benzene rings is 1. The lowest BCUT2D eigenvalue weighted by Gasteiger charge is -2.07. The van der Waals surface area contributed by atoms with E-state index in [1.54, 1.807) is 12.3 Å². The lowest BCUT2D eigenvalue weighted by molar-refractivity contribution is 0.0987. The van der Waals surface area contributed by atoms with Crippen LogP contribution in [0.1, 0.15) is 34.1 Å². The van der Waals surface area contributed by atoms with Gasteiger partial charge >= 0.3 is 0 Å².